The highest BCUT2D eigenvalue weighted by molar-refractivity contribution is 7.89. The van der Waals surface area contributed by atoms with Crippen molar-refractivity contribution in [2.45, 2.75) is 30.7 Å². The SMILES string of the molecule is Cc1ccc(NC(=O)C2CCCN2S(=O)(=O)c2ccccc2)cc1C(=O)O. The average Bonchev–Trinajstić information content (AvgIpc) is 3.14. The first kappa shape index (κ1) is 19.1. The Kier molecular flexibility index (Phi) is 5.29. The van der Waals surface area contributed by atoms with Gasteiger partial charge in [0.1, 0.15) is 6.04 Å². The van der Waals surface area contributed by atoms with E-state index >= 15 is 0 Å². The summed E-state index contributed by atoms with van der Waals surface area (Å²) in [5.41, 5.74) is 0.995. The van der Waals surface area contributed by atoms with Gasteiger partial charge in [0.2, 0.25) is 15.9 Å². The Morgan fingerprint density at radius 3 is 2.52 bits per heavy atom. The van der Waals surface area contributed by atoms with E-state index in [9.17, 15) is 23.1 Å². The summed E-state index contributed by atoms with van der Waals surface area (Å²) in [5, 5.41) is 11.9. The van der Waals surface area contributed by atoms with Crippen molar-refractivity contribution >= 4 is 27.6 Å². The van der Waals surface area contributed by atoms with Gasteiger partial charge in [-0.3, -0.25) is 4.79 Å². The Morgan fingerprint density at radius 2 is 1.85 bits per heavy atom. The third-order valence-corrected chi connectivity index (χ3v) is 6.51. The lowest BCUT2D eigenvalue weighted by atomic mass is 10.1. The molecular weight excluding hydrogens is 368 g/mol. The molecule has 2 aromatic carbocycles. The van der Waals surface area contributed by atoms with E-state index in [-0.39, 0.29) is 17.0 Å². The Morgan fingerprint density at radius 1 is 1.15 bits per heavy atom. The molecule has 0 bridgehead atoms. The van der Waals surface area contributed by atoms with Crippen molar-refractivity contribution in [3.05, 3.63) is 59.7 Å². The standard InChI is InChI=1S/C19H20N2O5S/c1-13-9-10-14(12-16(13)19(23)24)20-18(22)17-8-5-11-21(17)27(25,26)15-6-3-2-4-7-15/h2-4,6-7,9-10,12,17H,5,8,11H2,1H3,(H,20,22)(H,23,24). The number of anilines is 1. The number of hydrogen-bond donors (Lipinski definition) is 2. The molecule has 0 aliphatic carbocycles. The van der Waals surface area contributed by atoms with Gasteiger partial charge in [-0.25, -0.2) is 13.2 Å². The van der Waals surface area contributed by atoms with Crippen LogP contribution in [0.25, 0.3) is 0 Å². The summed E-state index contributed by atoms with van der Waals surface area (Å²) >= 11 is 0. The summed E-state index contributed by atoms with van der Waals surface area (Å²) in [6, 6.07) is 11.8. The molecule has 1 aliphatic heterocycles. The van der Waals surface area contributed by atoms with Gasteiger partial charge in [0.05, 0.1) is 10.5 Å². The zero-order valence-corrected chi connectivity index (χ0v) is 15.6. The molecule has 3 rings (SSSR count). The highest BCUT2D eigenvalue weighted by atomic mass is 32.2. The molecular formula is C19H20N2O5S. The van der Waals surface area contributed by atoms with Crippen molar-refractivity contribution < 1.29 is 23.1 Å². The van der Waals surface area contributed by atoms with Crippen LogP contribution in [-0.4, -0.2) is 42.3 Å². The van der Waals surface area contributed by atoms with Gasteiger partial charge >= 0.3 is 5.97 Å². The van der Waals surface area contributed by atoms with E-state index in [0.29, 0.717) is 24.1 Å². The van der Waals surface area contributed by atoms with E-state index < -0.39 is 27.9 Å². The van der Waals surface area contributed by atoms with Crippen LogP contribution in [0, 0.1) is 6.92 Å². The molecule has 1 amide bonds. The molecule has 0 radical (unpaired) electrons. The summed E-state index contributed by atoms with van der Waals surface area (Å²) < 4.78 is 26.9. The maximum absolute atomic E-state index is 12.9. The third-order valence-electron chi connectivity index (χ3n) is 4.59. The number of benzene rings is 2. The number of carbonyl (C=O) groups excluding carboxylic acids is 1. The van der Waals surface area contributed by atoms with Crippen molar-refractivity contribution in [1.29, 1.82) is 0 Å². The predicted molar refractivity (Wildman–Crippen MR) is 100 cm³/mol. The number of sulfonamides is 1. The first-order valence-electron chi connectivity index (χ1n) is 8.52. The number of carboxylic acids is 1. The van der Waals surface area contributed by atoms with Crippen molar-refractivity contribution in [3.8, 4) is 0 Å². The van der Waals surface area contributed by atoms with Crippen molar-refractivity contribution in [1.82, 2.24) is 4.31 Å². The molecule has 0 saturated carbocycles. The summed E-state index contributed by atoms with van der Waals surface area (Å²) in [4.78, 5) is 24.1. The molecule has 7 nitrogen and oxygen atoms in total. The zero-order valence-electron chi connectivity index (χ0n) is 14.8. The molecule has 2 N–H and O–H groups in total. The fourth-order valence-corrected chi connectivity index (χ4v) is 4.85. The van der Waals surface area contributed by atoms with Crippen LogP contribution >= 0.6 is 0 Å². The lowest BCUT2D eigenvalue weighted by molar-refractivity contribution is -0.119. The lowest BCUT2D eigenvalue weighted by Crippen LogP contribution is -2.43. The maximum Gasteiger partial charge on any atom is 0.336 e. The summed E-state index contributed by atoms with van der Waals surface area (Å²) in [5.74, 6) is -1.55. The van der Waals surface area contributed by atoms with E-state index in [1.165, 1.54) is 22.5 Å². The number of aryl methyl sites for hydroxylation is 1. The van der Waals surface area contributed by atoms with Crippen LogP contribution in [0.1, 0.15) is 28.8 Å². The summed E-state index contributed by atoms with van der Waals surface area (Å²) in [7, 11) is -3.78. The molecule has 1 atom stereocenters. The number of carboxylic acid groups (broad SMARTS) is 1. The molecule has 8 heteroatoms. The monoisotopic (exact) mass is 388 g/mol. The molecule has 27 heavy (non-hydrogen) atoms. The lowest BCUT2D eigenvalue weighted by Gasteiger charge is -2.23. The highest BCUT2D eigenvalue weighted by Gasteiger charge is 2.39. The molecule has 1 unspecified atom stereocenters. The molecule has 1 saturated heterocycles. The fraction of sp³-hybridized carbons (Fsp3) is 0.263. The summed E-state index contributed by atoms with van der Waals surface area (Å²) in [6.45, 7) is 1.93. The Bertz CT molecular complexity index is 973. The van der Waals surface area contributed by atoms with Gasteiger partial charge in [0, 0.05) is 12.2 Å². The third kappa shape index (κ3) is 3.86. The molecule has 0 spiro atoms. The van der Waals surface area contributed by atoms with Crippen molar-refractivity contribution in [2.24, 2.45) is 0 Å². The minimum absolute atomic E-state index is 0.0907. The van der Waals surface area contributed by atoms with Gasteiger partial charge in [-0.05, 0) is 49.6 Å². The molecule has 1 fully saturated rings. The number of aromatic carboxylic acids is 1. The van der Waals surface area contributed by atoms with Crippen LogP contribution in [0.3, 0.4) is 0 Å². The minimum Gasteiger partial charge on any atom is -0.478 e. The second kappa shape index (κ2) is 7.50. The first-order valence-corrected chi connectivity index (χ1v) is 9.96. The Hall–Kier alpha value is -2.71. The minimum atomic E-state index is -3.78. The van der Waals surface area contributed by atoms with Crippen LogP contribution in [0.2, 0.25) is 0 Å². The van der Waals surface area contributed by atoms with Crippen LogP contribution in [0.5, 0.6) is 0 Å². The number of hydrogen-bond acceptors (Lipinski definition) is 4. The van der Waals surface area contributed by atoms with Gasteiger partial charge in [-0.1, -0.05) is 24.3 Å². The molecule has 1 aliphatic rings. The first-order chi connectivity index (χ1) is 12.8. The van der Waals surface area contributed by atoms with Gasteiger partial charge in [-0.15, -0.1) is 0 Å². The van der Waals surface area contributed by atoms with Gasteiger partial charge < -0.3 is 10.4 Å². The van der Waals surface area contributed by atoms with Crippen molar-refractivity contribution in [2.75, 3.05) is 11.9 Å². The predicted octanol–water partition coefficient (Wildman–Crippen LogP) is 2.49. The van der Waals surface area contributed by atoms with Gasteiger partial charge in [-0.2, -0.15) is 4.31 Å². The Labute approximate surface area is 157 Å². The van der Waals surface area contributed by atoms with E-state index in [1.54, 1.807) is 37.3 Å². The van der Waals surface area contributed by atoms with Crippen LogP contribution in [0.4, 0.5) is 5.69 Å². The smallest absolute Gasteiger partial charge is 0.336 e. The number of nitrogens with one attached hydrogen (secondary N) is 1. The topological polar surface area (TPSA) is 104 Å². The van der Waals surface area contributed by atoms with Crippen LogP contribution < -0.4 is 5.32 Å². The summed E-state index contributed by atoms with van der Waals surface area (Å²) in [6.07, 6.45) is 0.994. The molecule has 2 aromatic rings. The molecule has 142 valence electrons. The number of rotatable bonds is 5. The second-order valence-electron chi connectivity index (χ2n) is 6.41. The normalized spacial score (nSPS) is 17.6. The number of amides is 1. The number of carbonyl (C=O) groups is 2. The Balaban J connectivity index is 1.82. The van der Waals surface area contributed by atoms with Crippen LogP contribution in [0.15, 0.2) is 53.4 Å². The van der Waals surface area contributed by atoms with Gasteiger partial charge in [0.15, 0.2) is 0 Å². The average molecular weight is 388 g/mol. The van der Waals surface area contributed by atoms with Crippen molar-refractivity contribution in [3.63, 3.8) is 0 Å². The molecule has 1 heterocycles. The van der Waals surface area contributed by atoms with E-state index in [1.807, 2.05) is 0 Å². The van der Waals surface area contributed by atoms with E-state index in [2.05, 4.69) is 5.32 Å². The zero-order chi connectivity index (χ0) is 19.6. The quantitative estimate of drug-likeness (QED) is 0.819. The largest absolute Gasteiger partial charge is 0.478 e. The fourth-order valence-electron chi connectivity index (χ4n) is 3.17. The second-order valence-corrected chi connectivity index (χ2v) is 8.30. The maximum atomic E-state index is 12.9. The van der Waals surface area contributed by atoms with Gasteiger partial charge in [0.25, 0.3) is 0 Å². The van der Waals surface area contributed by atoms with E-state index in [0.717, 1.165) is 0 Å². The van der Waals surface area contributed by atoms with E-state index in [4.69, 9.17) is 0 Å². The number of nitrogens with zero attached hydrogens (tertiary/aromatic N) is 1. The molecule has 0 aromatic heterocycles. The highest BCUT2D eigenvalue weighted by Crippen LogP contribution is 2.27. The van der Waals surface area contributed by atoms with Crippen LogP contribution in [-0.2, 0) is 14.8 Å².